The van der Waals surface area contributed by atoms with Crippen molar-refractivity contribution < 1.29 is 9.59 Å². The van der Waals surface area contributed by atoms with Gasteiger partial charge in [0.1, 0.15) is 0 Å². The number of para-hydroxylation sites is 1. The third-order valence-electron chi connectivity index (χ3n) is 4.68. The number of nitrogens with two attached hydrogens (primary N) is 1. The van der Waals surface area contributed by atoms with Gasteiger partial charge < -0.3 is 16.0 Å². The zero-order valence-corrected chi connectivity index (χ0v) is 15.8. The Bertz CT molecular complexity index is 822. The molecule has 0 aromatic heterocycles. The number of anilines is 3. The fraction of sp³-hybridized carbons (Fsp3) is 0.300. The maximum absolute atomic E-state index is 12.6. The van der Waals surface area contributed by atoms with Gasteiger partial charge in [-0.25, -0.2) is 0 Å². The molecule has 138 valence electrons. The zero-order valence-electron chi connectivity index (χ0n) is 15.0. The van der Waals surface area contributed by atoms with Crippen LogP contribution in [0.4, 0.5) is 17.1 Å². The Morgan fingerprint density at radius 2 is 2.00 bits per heavy atom. The number of carbonyl (C=O) groups is 2. The van der Waals surface area contributed by atoms with Gasteiger partial charge in [0.05, 0.1) is 5.92 Å². The van der Waals surface area contributed by atoms with E-state index in [1.165, 1.54) is 0 Å². The Hall–Kier alpha value is -2.53. The van der Waals surface area contributed by atoms with E-state index in [9.17, 15) is 9.59 Å². The Labute approximate surface area is 160 Å². The van der Waals surface area contributed by atoms with E-state index in [1.807, 2.05) is 37.3 Å². The maximum Gasteiger partial charge on any atom is 0.229 e. The van der Waals surface area contributed by atoms with Gasteiger partial charge in [-0.15, -0.1) is 12.4 Å². The second-order valence-electron chi connectivity index (χ2n) is 6.45. The molecule has 1 fully saturated rings. The predicted octanol–water partition coefficient (Wildman–Crippen LogP) is 3.55. The second-order valence-corrected chi connectivity index (χ2v) is 6.45. The number of hydrogen-bond donors (Lipinski definition) is 2. The van der Waals surface area contributed by atoms with Crippen molar-refractivity contribution >= 4 is 41.3 Å². The minimum atomic E-state index is -0.363. The average Bonchev–Trinajstić information content (AvgIpc) is 3.00. The van der Waals surface area contributed by atoms with Gasteiger partial charge in [-0.3, -0.25) is 9.59 Å². The van der Waals surface area contributed by atoms with E-state index in [2.05, 4.69) is 12.2 Å². The van der Waals surface area contributed by atoms with Crippen LogP contribution in [0.25, 0.3) is 0 Å². The van der Waals surface area contributed by atoms with Crippen molar-refractivity contribution in [1.29, 1.82) is 0 Å². The van der Waals surface area contributed by atoms with Crippen LogP contribution < -0.4 is 16.0 Å². The third-order valence-corrected chi connectivity index (χ3v) is 4.68. The van der Waals surface area contributed by atoms with Crippen LogP contribution in [-0.4, -0.2) is 18.4 Å². The van der Waals surface area contributed by atoms with Crippen molar-refractivity contribution in [2.75, 3.05) is 22.5 Å². The number of aryl methyl sites for hydroxylation is 2. The number of hydrogen-bond acceptors (Lipinski definition) is 3. The molecule has 5 nitrogen and oxygen atoms in total. The first-order valence-electron chi connectivity index (χ1n) is 8.55. The lowest BCUT2D eigenvalue weighted by atomic mass is 10.1. The first-order chi connectivity index (χ1) is 12.0. The van der Waals surface area contributed by atoms with Gasteiger partial charge in [0, 0.05) is 30.0 Å². The molecule has 0 saturated carbocycles. The average molecular weight is 374 g/mol. The van der Waals surface area contributed by atoms with E-state index in [0.29, 0.717) is 17.9 Å². The number of benzene rings is 2. The van der Waals surface area contributed by atoms with Gasteiger partial charge in [0.25, 0.3) is 0 Å². The highest BCUT2D eigenvalue weighted by atomic mass is 35.5. The summed E-state index contributed by atoms with van der Waals surface area (Å²) < 4.78 is 0. The first-order valence-corrected chi connectivity index (χ1v) is 8.55. The highest BCUT2D eigenvalue weighted by Crippen LogP contribution is 2.29. The van der Waals surface area contributed by atoms with Crippen molar-refractivity contribution in [3.05, 3.63) is 53.6 Å². The van der Waals surface area contributed by atoms with Gasteiger partial charge in [0.2, 0.25) is 11.8 Å². The molecule has 1 unspecified atom stereocenters. The van der Waals surface area contributed by atoms with Gasteiger partial charge in [-0.2, -0.15) is 0 Å². The molecule has 1 saturated heterocycles. The minimum Gasteiger partial charge on any atom is -0.399 e. The molecule has 0 bridgehead atoms. The lowest BCUT2D eigenvalue weighted by Crippen LogP contribution is -2.29. The van der Waals surface area contributed by atoms with Crippen LogP contribution >= 0.6 is 12.4 Å². The molecular formula is C20H24ClN3O2. The summed E-state index contributed by atoms with van der Waals surface area (Å²) in [5, 5.41) is 2.92. The number of nitrogen functional groups attached to an aromatic ring is 1. The van der Waals surface area contributed by atoms with Crippen LogP contribution in [0.15, 0.2) is 42.5 Å². The summed E-state index contributed by atoms with van der Waals surface area (Å²) in [4.78, 5) is 26.8. The van der Waals surface area contributed by atoms with Crippen LogP contribution in [0, 0.1) is 12.8 Å². The number of amides is 2. The standard InChI is InChI=1S/C20H23N3O2.ClH/c1-3-14-6-4-5-7-18(14)23-12-15(10-19(23)24)20(25)22-17-11-16(21)9-8-13(17)2;/h4-9,11,15H,3,10,12,21H2,1-2H3,(H,22,25);1H. The normalized spacial score (nSPS) is 16.3. The van der Waals surface area contributed by atoms with E-state index in [1.54, 1.807) is 17.0 Å². The fourth-order valence-electron chi connectivity index (χ4n) is 3.20. The number of nitrogens with one attached hydrogen (secondary N) is 1. The smallest absolute Gasteiger partial charge is 0.229 e. The SMILES string of the molecule is CCc1ccccc1N1CC(C(=O)Nc2cc(N)ccc2C)CC1=O.Cl. The largest absolute Gasteiger partial charge is 0.399 e. The third kappa shape index (κ3) is 3.99. The van der Waals surface area contributed by atoms with Crippen molar-refractivity contribution in [3.63, 3.8) is 0 Å². The molecule has 1 atom stereocenters. The van der Waals surface area contributed by atoms with Crippen molar-refractivity contribution in [2.24, 2.45) is 5.92 Å². The summed E-state index contributed by atoms with van der Waals surface area (Å²) in [6, 6.07) is 13.3. The van der Waals surface area contributed by atoms with E-state index >= 15 is 0 Å². The molecule has 3 rings (SSSR count). The van der Waals surface area contributed by atoms with Gasteiger partial charge in [-0.1, -0.05) is 31.2 Å². The molecular weight excluding hydrogens is 350 g/mol. The van der Waals surface area contributed by atoms with Crippen LogP contribution in [0.1, 0.15) is 24.5 Å². The summed E-state index contributed by atoms with van der Waals surface area (Å²) in [6.07, 6.45) is 1.07. The van der Waals surface area contributed by atoms with Crippen LogP contribution in [-0.2, 0) is 16.0 Å². The summed E-state index contributed by atoms with van der Waals surface area (Å²) in [6.45, 7) is 4.38. The van der Waals surface area contributed by atoms with Crippen molar-refractivity contribution in [1.82, 2.24) is 0 Å². The minimum absolute atomic E-state index is 0. The second kappa shape index (κ2) is 8.23. The van der Waals surface area contributed by atoms with Crippen molar-refractivity contribution in [3.8, 4) is 0 Å². The van der Waals surface area contributed by atoms with Crippen molar-refractivity contribution in [2.45, 2.75) is 26.7 Å². The summed E-state index contributed by atoms with van der Waals surface area (Å²) in [5.74, 6) is -0.512. The lowest BCUT2D eigenvalue weighted by molar-refractivity contribution is -0.122. The zero-order chi connectivity index (χ0) is 18.0. The molecule has 2 aromatic carbocycles. The van der Waals surface area contributed by atoms with E-state index < -0.39 is 0 Å². The Kier molecular flexibility index (Phi) is 6.27. The summed E-state index contributed by atoms with van der Waals surface area (Å²) in [5.41, 5.74) is 10.1. The molecule has 26 heavy (non-hydrogen) atoms. The molecule has 0 radical (unpaired) electrons. The van der Waals surface area contributed by atoms with Crippen LogP contribution in [0.5, 0.6) is 0 Å². The van der Waals surface area contributed by atoms with Gasteiger partial charge >= 0.3 is 0 Å². The van der Waals surface area contributed by atoms with E-state index in [4.69, 9.17) is 5.73 Å². The first kappa shape index (κ1) is 19.8. The predicted molar refractivity (Wildman–Crippen MR) is 108 cm³/mol. The van der Waals surface area contributed by atoms with Crippen LogP contribution in [0.2, 0.25) is 0 Å². The van der Waals surface area contributed by atoms with E-state index in [0.717, 1.165) is 23.2 Å². The molecule has 1 aliphatic rings. The molecule has 2 aromatic rings. The number of nitrogens with zero attached hydrogens (tertiary/aromatic N) is 1. The highest BCUT2D eigenvalue weighted by molar-refractivity contribution is 6.04. The quantitative estimate of drug-likeness (QED) is 0.804. The number of carbonyl (C=O) groups excluding carboxylic acids is 2. The molecule has 0 spiro atoms. The Balaban J connectivity index is 0.00000243. The summed E-state index contributed by atoms with van der Waals surface area (Å²) >= 11 is 0. The fourth-order valence-corrected chi connectivity index (χ4v) is 3.20. The Morgan fingerprint density at radius 1 is 1.27 bits per heavy atom. The maximum atomic E-state index is 12.6. The Morgan fingerprint density at radius 3 is 2.73 bits per heavy atom. The number of rotatable bonds is 4. The van der Waals surface area contributed by atoms with Gasteiger partial charge in [-0.05, 0) is 42.7 Å². The lowest BCUT2D eigenvalue weighted by Gasteiger charge is -2.20. The molecule has 1 aliphatic heterocycles. The van der Waals surface area contributed by atoms with Crippen LogP contribution in [0.3, 0.4) is 0 Å². The monoisotopic (exact) mass is 373 g/mol. The highest BCUT2D eigenvalue weighted by Gasteiger charge is 2.35. The molecule has 0 aliphatic carbocycles. The number of halogens is 1. The summed E-state index contributed by atoms with van der Waals surface area (Å²) in [7, 11) is 0. The molecule has 3 N–H and O–H groups in total. The molecule has 2 amide bonds. The van der Waals surface area contributed by atoms with Gasteiger partial charge in [0.15, 0.2) is 0 Å². The molecule has 1 heterocycles. The van der Waals surface area contributed by atoms with E-state index in [-0.39, 0.29) is 36.6 Å². The topological polar surface area (TPSA) is 75.4 Å². The molecule has 6 heteroatoms.